The van der Waals surface area contributed by atoms with E-state index in [-0.39, 0.29) is 0 Å². The third-order valence-corrected chi connectivity index (χ3v) is 3.86. The van der Waals surface area contributed by atoms with Gasteiger partial charge in [0, 0.05) is 0 Å². The van der Waals surface area contributed by atoms with Crippen LogP contribution in [0.5, 0.6) is 0 Å². The van der Waals surface area contributed by atoms with Crippen LogP contribution in [0.1, 0.15) is 57.8 Å². The second-order valence-corrected chi connectivity index (χ2v) is 6.69. The number of hydrogen-bond acceptors (Lipinski definition) is 9. The fraction of sp³-hybridized carbons (Fsp3) is 0.833. The molecular weight excluding hydrogens is 396 g/mol. The Bertz CT molecular complexity index is 380. The van der Waals surface area contributed by atoms with Crippen molar-refractivity contribution in [1.29, 1.82) is 0 Å². The molecule has 0 heterocycles. The average Bonchev–Trinajstić information content (AvgIpc) is 2.69. The molecule has 30 heavy (non-hydrogen) atoms. The summed E-state index contributed by atoms with van der Waals surface area (Å²) in [5.41, 5.74) is 31.3. The molecule has 0 amide bonds. The van der Waals surface area contributed by atoms with E-state index in [1.807, 2.05) is 0 Å². The summed E-state index contributed by atoms with van der Waals surface area (Å²) in [6.45, 7) is 1.81. The highest BCUT2D eigenvalue weighted by atomic mass is 16.4. The number of nitrogens with two attached hydrogens (primary N) is 6. The lowest BCUT2D eigenvalue weighted by Crippen LogP contribution is -2.29. The number of hydrogen-bond donors (Lipinski definition) is 9. The van der Waals surface area contributed by atoms with Gasteiger partial charge in [0.25, 0.3) is 0 Å². The molecule has 0 aliphatic rings. The average molecular weight is 439 g/mol. The van der Waals surface area contributed by atoms with Crippen LogP contribution in [0.25, 0.3) is 0 Å². The van der Waals surface area contributed by atoms with Gasteiger partial charge in [-0.15, -0.1) is 0 Å². The van der Waals surface area contributed by atoms with Crippen LogP contribution in [0.2, 0.25) is 0 Å². The van der Waals surface area contributed by atoms with E-state index in [1.54, 1.807) is 0 Å². The van der Waals surface area contributed by atoms with Crippen LogP contribution in [0.3, 0.4) is 0 Å². The largest absolute Gasteiger partial charge is 0.480 e. The number of rotatable bonds is 15. The zero-order valence-electron chi connectivity index (χ0n) is 17.7. The molecule has 0 rings (SSSR count). The van der Waals surface area contributed by atoms with Crippen LogP contribution in [0.15, 0.2) is 0 Å². The Balaban J connectivity index is -0.000000364. The molecule has 0 aromatic carbocycles. The van der Waals surface area contributed by atoms with Crippen LogP contribution >= 0.6 is 0 Å². The number of carboxylic acids is 3. The van der Waals surface area contributed by atoms with Gasteiger partial charge in [-0.1, -0.05) is 19.3 Å². The number of carboxylic acid groups (broad SMARTS) is 3. The Morgan fingerprint density at radius 2 is 0.700 bits per heavy atom. The molecule has 0 bridgehead atoms. The van der Waals surface area contributed by atoms with E-state index in [0.29, 0.717) is 38.9 Å². The molecule has 0 aliphatic carbocycles. The summed E-state index contributed by atoms with van der Waals surface area (Å²) in [4.78, 5) is 30.4. The molecule has 3 unspecified atom stereocenters. The summed E-state index contributed by atoms with van der Waals surface area (Å²) >= 11 is 0. The highest BCUT2D eigenvalue weighted by molar-refractivity contribution is 5.73. The van der Waals surface area contributed by atoms with Crippen LogP contribution in [-0.4, -0.2) is 71.0 Å². The first-order valence-corrected chi connectivity index (χ1v) is 10.1. The van der Waals surface area contributed by atoms with E-state index in [4.69, 9.17) is 49.7 Å². The highest BCUT2D eigenvalue weighted by Crippen LogP contribution is 1.98. The van der Waals surface area contributed by atoms with Crippen LogP contribution in [0.4, 0.5) is 0 Å². The maximum atomic E-state index is 10.1. The first-order valence-electron chi connectivity index (χ1n) is 10.1. The first-order chi connectivity index (χ1) is 14.0. The smallest absolute Gasteiger partial charge is 0.320 e. The quantitative estimate of drug-likeness (QED) is 0.133. The van der Waals surface area contributed by atoms with E-state index >= 15 is 0 Å². The Morgan fingerprint density at radius 3 is 0.833 bits per heavy atom. The van der Waals surface area contributed by atoms with Crippen molar-refractivity contribution >= 4 is 17.9 Å². The molecular formula is C18H42N6O6. The Labute approximate surface area is 178 Å². The molecule has 0 fully saturated rings. The molecule has 15 N–H and O–H groups in total. The van der Waals surface area contributed by atoms with Crippen molar-refractivity contribution in [2.75, 3.05) is 19.6 Å². The minimum absolute atomic E-state index is 0.520. The summed E-state index contributed by atoms with van der Waals surface area (Å²) in [5.74, 6) is -2.80. The van der Waals surface area contributed by atoms with Gasteiger partial charge in [-0.25, -0.2) is 0 Å². The molecule has 0 aromatic rings. The number of carbonyl (C=O) groups is 3. The third kappa shape index (κ3) is 26.2. The lowest BCUT2D eigenvalue weighted by Gasteiger charge is -2.03. The Kier molecular flexibility index (Phi) is 25.7. The lowest BCUT2D eigenvalue weighted by atomic mass is 10.1. The predicted molar refractivity (Wildman–Crippen MR) is 116 cm³/mol. The normalized spacial score (nSPS) is 13.0. The first kappa shape index (κ1) is 32.8. The van der Waals surface area contributed by atoms with Gasteiger partial charge in [0.2, 0.25) is 0 Å². The Morgan fingerprint density at radius 1 is 0.500 bits per heavy atom. The van der Waals surface area contributed by atoms with Gasteiger partial charge in [-0.05, 0) is 58.2 Å². The summed E-state index contributed by atoms with van der Waals surface area (Å²) < 4.78 is 0. The van der Waals surface area contributed by atoms with Gasteiger partial charge in [0.15, 0.2) is 0 Å². The van der Waals surface area contributed by atoms with Crippen LogP contribution in [0, 0.1) is 0 Å². The standard InChI is InChI=1S/3C6H14N2O2/c3*7-4-2-1-3-5(8)6(9)10/h3*5H,1-4,7-8H2,(H,9,10). The zero-order chi connectivity index (χ0) is 23.9. The second kappa shape index (κ2) is 23.4. The van der Waals surface area contributed by atoms with Crippen LogP contribution < -0.4 is 34.4 Å². The molecule has 0 aliphatic heterocycles. The molecule has 0 saturated carbocycles. The zero-order valence-corrected chi connectivity index (χ0v) is 17.7. The van der Waals surface area contributed by atoms with Gasteiger partial charge in [0.1, 0.15) is 18.1 Å². The van der Waals surface area contributed by atoms with Gasteiger partial charge in [0.05, 0.1) is 0 Å². The van der Waals surface area contributed by atoms with E-state index in [1.165, 1.54) is 0 Å². The van der Waals surface area contributed by atoms with Gasteiger partial charge >= 0.3 is 17.9 Å². The molecule has 12 heteroatoms. The summed E-state index contributed by atoms with van der Waals surface area (Å²) in [6, 6.07) is -2.15. The summed E-state index contributed by atoms with van der Waals surface area (Å²) in [6.07, 6.45) is 6.49. The van der Waals surface area contributed by atoms with Crippen molar-refractivity contribution in [1.82, 2.24) is 0 Å². The molecule has 0 aromatic heterocycles. The minimum atomic E-state index is -0.933. The molecule has 0 spiro atoms. The van der Waals surface area contributed by atoms with Gasteiger partial charge in [-0.2, -0.15) is 0 Å². The van der Waals surface area contributed by atoms with Crippen molar-refractivity contribution in [2.24, 2.45) is 34.4 Å². The Hall–Kier alpha value is -1.83. The topological polar surface area (TPSA) is 268 Å². The molecule has 180 valence electrons. The monoisotopic (exact) mass is 438 g/mol. The molecule has 0 saturated heterocycles. The molecule has 3 atom stereocenters. The van der Waals surface area contributed by atoms with E-state index in [9.17, 15) is 14.4 Å². The van der Waals surface area contributed by atoms with Gasteiger partial charge in [-0.3, -0.25) is 14.4 Å². The summed E-state index contributed by atoms with van der Waals surface area (Å²) in [5, 5.41) is 25.0. The third-order valence-electron chi connectivity index (χ3n) is 3.86. The van der Waals surface area contributed by atoms with E-state index < -0.39 is 36.0 Å². The number of aliphatic carboxylic acids is 3. The summed E-state index contributed by atoms with van der Waals surface area (Å²) in [7, 11) is 0. The second-order valence-electron chi connectivity index (χ2n) is 6.69. The molecule has 0 radical (unpaired) electrons. The fourth-order valence-electron chi connectivity index (χ4n) is 1.90. The minimum Gasteiger partial charge on any atom is -0.480 e. The van der Waals surface area contributed by atoms with Crippen molar-refractivity contribution in [3.63, 3.8) is 0 Å². The lowest BCUT2D eigenvalue weighted by molar-refractivity contribution is -0.139. The SMILES string of the molecule is NCCCCC(N)C(=O)O.NCCCCC(N)C(=O)O.NCCCCC(N)C(=O)O. The highest BCUT2D eigenvalue weighted by Gasteiger charge is 2.10. The maximum absolute atomic E-state index is 10.1. The maximum Gasteiger partial charge on any atom is 0.320 e. The van der Waals surface area contributed by atoms with Gasteiger partial charge < -0.3 is 49.7 Å². The van der Waals surface area contributed by atoms with E-state index in [2.05, 4.69) is 0 Å². The molecule has 12 nitrogen and oxygen atoms in total. The number of unbranched alkanes of at least 4 members (excludes halogenated alkanes) is 3. The van der Waals surface area contributed by atoms with Crippen molar-refractivity contribution in [3.8, 4) is 0 Å². The van der Waals surface area contributed by atoms with Crippen LogP contribution in [-0.2, 0) is 14.4 Å². The predicted octanol–water partition coefficient (Wildman–Crippen LogP) is -1.42. The van der Waals surface area contributed by atoms with Crippen molar-refractivity contribution in [3.05, 3.63) is 0 Å². The van der Waals surface area contributed by atoms with E-state index in [0.717, 1.165) is 38.5 Å². The van der Waals surface area contributed by atoms with Crippen molar-refractivity contribution in [2.45, 2.75) is 75.9 Å². The van der Waals surface area contributed by atoms with Crippen molar-refractivity contribution < 1.29 is 29.7 Å². The fourth-order valence-corrected chi connectivity index (χ4v) is 1.90.